The predicted molar refractivity (Wildman–Crippen MR) is 105 cm³/mol. The molecule has 0 saturated carbocycles. The molecule has 2 aliphatic heterocycles. The van der Waals surface area contributed by atoms with Crippen molar-refractivity contribution in [3.05, 3.63) is 29.3 Å². The number of carbonyl (C=O) groups excluding carboxylic acids is 3. The van der Waals surface area contributed by atoms with Crippen molar-refractivity contribution in [2.24, 2.45) is 0 Å². The molecule has 0 aromatic heterocycles. The summed E-state index contributed by atoms with van der Waals surface area (Å²) in [7, 11) is 1.66. The number of carboxylic acid groups (broad SMARTS) is 1. The number of carboxylic acids is 1. The number of aryl methyl sites for hydroxylation is 1. The number of benzene rings is 1. The van der Waals surface area contributed by atoms with Crippen molar-refractivity contribution >= 4 is 29.4 Å². The van der Waals surface area contributed by atoms with E-state index in [-0.39, 0.29) is 11.8 Å². The Morgan fingerprint density at radius 3 is 2.52 bits per heavy atom. The first-order chi connectivity index (χ1) is 13.7. The minimum absolute atomic E-state index is 0.295. The van der Waals surface area contributed by atoms with Crippen molar-refractivity contribution in [3.8, 4) is 0 Å². The lowest BCUT2D eigenvalue weighted by Crippen LogP contribution is -2.57. The Morgan fingerprint density at radius 2 is 1.86 bits per heavy atom. The minimum Gasteiger partial charge on any atom is -0.480 e. The molecule has 0 unspecified atom stereocenters. The van der Waals surface area contributed by atoms with Crippen LogP contribution in [-0.4, -0.2) is 60.0 Å². The molecular weight excluding hydrogens is 376 g/mol. The summed E-state index contributed by atoms with van der Waals surface area (Å²) in [5, 5.41) is 17.2. The van der Waals surface area contributed by atoms with Gasteiger partial charge in [-0.1, -0.05) is 18.2 Å². The maximum atomic E-state index is 13.3. The lowest BCUT2D eigenvalue weighted by Gasteiger charge is -2.28. The summed E-state index contributed by atoms with van der Waals surface area (Å²) in [4.78, 5) is 51.0. The van der Waals surface area contributed by atoms with Gasteiger partial charge in [-0.05, 0) is 44.9 Å². The van der Waals surface area contributed by atoms with E-state index in [1.54, 1.807) is 14.0 Å². The van der Waals surface area contributed by atoms with E-state index in [4.69, 9.17) is 5.11 Å². The third-order valence-corrected chi connectivity index (χ3v) is 5.58. The van der Waals surface area contributed by atoms with Crippen LogP contribution in [0.2, 0.25) is 0 Å². The lowest BCUT2D eigenvalue weighted by molar-refractivity contribution is -0.141. The van der Waals surface area contributed by atoms with E-state index in [0.29, 0.717) is 24.9 Å². The van der Waals surface area contributed by atoms with Gasteiger partial charge in [0.1, 0.15) is 18.1 Å². The fraction of sp³-hybridized carbons (Fsp3) is 0.500. The Bertz CT molecular complexity index is 855. The van der Waals surface area contributed by atoms with E-state index in [2.05, 4.69) is 16.0 Å². The molecule has 0 bridgehead atoms. The van der Waals surface area contributed by atoms with Crippen molar-refractivity contribution in [1.82, 2.24) is 16.0 Å². The van der Waals surface area contributed by atoms with Gasteiger partial charge in [-0.25, -0.2) is 0 Å². The van der Waals surface area contributed by atoms with Gasteiger partial charge in [0, 0.05) is 6.42 Å². The average molecular weight is 402 g/mol. The number of para-hydroxylation sites is 1. The summed E-state index contributed by atoms with van der Waals surface area (Å²) in [6.45, 7) is 3.07. The van der Waals surface area contributed by atoms with Gasteiger partial charge in [-0.15, -0.1) is 0 Å². The van der Waals surface area contributed by atoms with Crippen LogP contribution in [0, 0.1) is 0 Å². The zero-order valence-electron chi connectivity index (χ0n) is 16.7. The highest BCUT2D eigenvalue weighted by molar-refractivity contribution is 6.08. The minimum atomic E-state index is -1.15. The van der Waals surface area contributed by atoms with Crippen molar-refractivity contribution in [1.29, 1.82) is 0 Å². The first-order valence-electron chi connectivity index (χ1n) is 9.69. The highest BCUT2D eigenvalue weighted by Gasteiger charge is 2.44. The molecule has 0 spiro atoms. The Kier molecular flexibility index (Phi) is 5.88. The van der Waals surface area contributed by atoms with Gasteiger partial charge in [-0.3, -0.25) is 24.1 Å². The monoisotopic (exact) mass is 402 g/mol. The molecule has 0 saturated heterocycles. The van der Waals surface area contributed by atoms with E-state index in [1.165, 1.54) is 11.8 Å². The molecular formula is C20H26N4O5. The quantitative estimate of drug-likeness (QED) is 0.511. The zero-order valence-corrected chi connectivity index (χ0v) is 16.7. The number of hydrogen-bond donors (Lipinski definition) is 4. The van der Waals surface area contributed by atoms with Gasteiger partial charge in [-0.2, -0.15) is 0 Å². The summed E-state index contributed by atoms with van der Waals surface area (Å²) in [5.41, 5.74) is 2.52. The first-order valence-corrected chi connectivity index (χ1v) is 9.69. The Balaban J connectivity index is 1.91. The number of nitrogens with one attached hydrogen (secondary N) is 3. The Hall–Kier alpha value is -2.94. The zero-order chi connectivity index (χ0) is 21.3. The van der Waals surface area contributed by atoms with Crippen LogP contribution in [0.4, 0.5) is 5.69 Å². The standard InChI is InChI=1S/C20H26N4O5/c1-10(21-3)17(25)23-14-8-7-12-5-4-6-13-9-15(24(16(12)13)19(14)27)18(26)22-11(2)20(28)29/h4-6,10-11,14-15,21H,7-9H2,1-3H3,(H,22,26)(H,23,25)(H,28,29)/t10-,11-,14-,15-/m0/s1. The smallest absolute Gasteiger partial charge is 0.325 e. The Labute approximate surface area is 168 Å². The third kappa shape index (κ3) is 3.95. The van der Waals surface area contributed by atoms with Crippen LogP contribution in [0.25, 0.3) is 0 Å². The fourth-order valence-corrected chi connectivity index (χ4v) is 3.77. The molecule has 156 valence electrons. The summed E-state index contributed by atoms with van der Waals surface area (Å²) >= 11 is 0. The number of hydrogen-bond acceptors (Lipinski definition) is 5. The van der Waals surface area contributed by atoms with Gasteiger partial charge in [0.2, 0.25) is 17.7 Å². The van der Waals surface area contributed by atoms with Crippen LogP contribution < -0.4 is 20.9 Å². The SMILES string of the molecule is CN[C@@H](C)C(=O)N[C@H]1CCc2cccc3c2N(C1=O)[C@H](C(=O)N[C@@H](C)C(=O)O)C3. The van der Waals surface area contributed by atoms with Crippen molar-refractivity contribution in [3.63, 3.8) is 0 Å². The predicted octanol–water partition coefficient (Wildman–Crippen LogP) is -0.427. The van der Waals surface area contributed by atoms with Gasteiger partial charge >= 0.3 is 5.97 Å². The first kappa shape index (κ1) is 20.8. The second kappa shape index (κ2) is 8.20. The average Bonchev–Trinajstić information content (AvgIpc) is 3.03. The molecule has 1 aromatic carbocycles. The van der Waals surface area contributed by atoms with Crippen molar-refractivity contribution in [2.75, 3.05) is 11.9 Å². The van der Waals surface area contributed by atoms with Crippen LogP contribution in [0.5, 0.6) is 0 Å². The van der Waals surface area contributed by atoms with Crippen molar-refractivity contribution in [2.45, 2.75) is 57.3 Å². The van der Waals surface area contributed by atoms with E-state index in [9.17, 15) is 19.2 Å². The number of likely N-dealkylation sites (N-methyl/N-ethyl adjacent to an activating group) is 1. The van der Waals surface area contributed by atoms with Gasteiger partial charge in [0.15, 0.2) is 0 Å². The van der Waals surface area contributed by atoms with Crippen LogP contribution >= 0.6 is 0 Å². The summed E-state index contributed by atoms with van der Waals surface area (Å²) < 4.78 is 0. The molecule has 2 aliphatic rings. The topological polar surface area (TPSA) is 128 Å². The van der Waals surface area contributed by atoms with Crippen LogP contribution in [-0.2, 0) is 32.0 Å². The molecule has 0 radical (unpaired) electrons. The molecule has 4 N–H and O–H groups in total. The second-order valence-corrected chi connectivity index (χ2v) is 7.53. The van der Waals surface area contributed by atoms with Gasteiger partial charge < -0.3 is 21.1 Å². The van der Waals surface area contributed by atoms with Crippen molar-refractivity contribution < 1.29 is 24.3 Å². The normalized spacial score (nSPS) is 22.3. The van der Waals surface area contributed by atoms with Crippen LogP contribution in [0.15, 0.2) is 18.2 Å². The number of anilines is 1. The van der Waals surface area contributed by atoms with E-state index in [0.717, 1.165) is 11.1 Å². The molecule has 9 nitrogen and oxygen atoms in total. The van der Waals surface area contributed by atoms with E-state index < -0.39 is 36.0 Å². The van der Waals surface area contributed by atoms with E-state index >= 15 is 0 Å². The maximum Gasteiger partial charge on any atom is 0.325 e. The third-order valence-electron chi connectivity index (χ3n) is 5.58. The number of carbonyl (C=O) groups is 4. The number of aliphatic carboxylic acids is 1. The van der Waals surface area contributed by atoms with Crippen LogP contribution in [0.1, 0.15) is 31.4 Å². The lowest BCUT2D eigenvalue weighted by atomic mass is 10.0. The van der Waals surface area contributed by atoms with Crippen LogP contribution in [0.3, 0.4) is 0 Å². The van der Waals surface area contributed by atoms with Gasteiger partial charge in [0.25, 0.3) is 0 Å². The highest BCUT2D eigenvalue weighted by atomic mass is 16.4. The number of nitrogens with zero attached hydrogens (tertiary/aromatic N) is 1. The summed E-state index contributed by atoms with van der Waals surface area (Å²) in [6, 6.07) is 2.54. The fourth-order valence-electron chi connectivity index (χ4n) is 3.77. The molecule has 3 rings (SSSR count). The van der Waals surface area contributed by atoms with E-state index in [1.807, 2.05) is 18.2 Å². The molecule has 0 fully saturated rings. The largest absolute Gasteiger partial charge is 0.480 e. The molecule has 9 heteroatoms. The number of amides is 3. The Morgan fingerprint density at radius 1 is 1.17 bits per heavy atom. The molecule has 29 heavy (non-hydrogen) atoms. The maximum absolute atomic E-state index is 13.3. The highest BCUT2D eigenvalue weighted by Crippen LogP contribution is 2.39. The molecule has 3 amide bonds. The molecule has 1 aromatic rings. The number of rotatable bonds is 6. The molecule has 0 aliphatic carbocycles. The molecule has 2 heterocycles. The van der Waals surface area contributed by atoms with Gasteiger partial charge in [0.05, 0.1) is 11.7 Å². The summed E-state index contributed by atoms with van der Waals surface area (Å²) in [5.74, 6) is -2.32. The summed E-state index contributed by atoms with van der Waals surface area (Å²) in [6.07, 6.45) is 1.32. The second-order valence-electron chi connectivity index (χ2n) is 7.53. The molecule has 4 atom stereocenters.